The number of rotatable bonds is 2. The van der Waals surface area contributed by atoms with E-state index in [-0.39, 0.29) is 11.8 Å². The zero-order valence-corrected chi connectivity index (χ0v) is 13.3. The summed E-state index contributed by atoms with van der Waals surface area (Å²) in [6, 6.07) is 14.0. The lowest BCUT2D eigenvalue weighted by atomic mass is 10.1. The van der Waals surface area contributed by atoms with Gasteiger partial charge in [0.25, 0.3) is 0 Å². The Labute approximate surface area is 131 Å². The third-order valence-electron chi connectivity index (χ3n) is 3.45. The summed E-state index contributed by atoms with van der Waals surface area (Å²) in [6.07, 6.45) is 0. The number of nitrogens with zero attached hydrogens (tertiary/aromatic N) is 1. The fourth-order valence-electron chi connectivity index (χ4n) is 2.49. The third-order valence-corrected chi connectivity index (χ3v) is 5.75. The highest BCUT2D eigenvalue weighted by Gasteiger charge is 2.34. The number of fused-ring (bicyclic) bond motifs is 1. The van der Waals surface area contributed by atoms with Gasteiger partial charge in [0.05, 0.1) is 27.9 Å². The zero-order chi connectivity index (χ0) is 15.0. The summed E-state index contributed by atoms with van der Waals surface area (Å²) in [5.41, 5.74) is 1.87. The standard InChI is InChI=1S/C15H11BrN2O2S/c16-11-6-5-10(8-17)13(7-11)18-14-9-21(19,20)15-4-2-1-3-12(14)15/h1-7,14,18H,9H2. The van der Waals surface area contributed by atoms with Gasteiger partial charge in [-0.1, -0.05) is 34.1 Å². The maximum Gasteiger partial charge on any atom is 0.181 e. The van der Waals surface area contributed by atoms with Gasteiger partial charge in [-0.3, -0.25) is 0 Å². The number of hydrogen-bond donors (Lipinski definition) is 1. The van der Waals surface area contributed by atoms with Crippen LogP contribution in [0.15, 0.2) is 51.8 Å². The van der Waals surface area contributed by atoms with Crippen LogP contribution in [0, 0.1) is 11.3 Å². The van der Waals surface area contributed by atoms with Gasteiger partial charge in [-0.2, -0.15) is 5.26 Å². The molecule has 1 atom stereocenters. The molecule has 2 aromatic rings. The second-order valence-electron chi connectivity index (χ2n) is 4.82. The van der Waals surface area contributed by atoms with Gasteiger partial charge < -0.3 is 5.32 Å². The first-order valence-corrected chi connectivity index (χ1v) is 8.73. The number of anilines is 1. The Kier molecular flexibility index (Phi) is 3.47. The molecule has 0 spiro atoms. The summed E-state index contributed by atoms with van der Waals surface area (Å²) in [5.74, 6) is 0.00370. The van der Waals surface area contributed by atoms with Crippen LogP contribution < -0.4 is 5.32 Å². The Hall–Kier alpha value is -1.84. The van der Waals surface area contributed by atoms with E-state index in [1.54, 1.807) is 30.3 Å². The van der Waals surface area contributed by atoms with E-state index < -0.39 is 9.84 Å². The summed E-state index contributed by atoms with van der Waals surface area (Å²) in [6.45, 7) is 0. The van der Waals surface area contributed by atoms with E-state index in [0.29, 0.717) is 16.1 Å². The molecule has 1 heterocycles. The lowest BCUT2D eigenvalue weighted by molar-refractivity contribution is 0.598. The molecule has 0 saturated carbocycles. The van der Waals surface area contributed by atoms with Gasteiger partial charge in [0.1, 0.15) is 6.07 Å². The van der Waals surface area contributed by atoms with Crippen LogP contribution in [0.3, 0.4) is 0 Å². The number of hydrogen-bond acceptors (Lipinski definition) is 4. The predicted octanol–water partition coefficient (Wildman–Crippen LogP) is 3.26. The minimum absolute atomic E-state index is 0.00370. The van der Waals surface area contributed by atoms with Gasteiger partial charge in [0.15, 0.2) is 9.84 Å². The maximum atomic E-state index is 12.2. The Balaban J connectivity index is 2.02. The lowest BCUT2D eigenvalue weighted by Crippen LogP contribution is -2.13. The second-order valence-corrected chi connectivity index (χ2v) is 7.74. The van der Waals surface area contributed by atoms with Gasteiger partial charge in [0.2, 0.25) is 0 Å². The van der Waals surface area contributed by atoms with Crippen LogP contribution in [0.4, 0.5) is 5.69 Å². The van der Waals surface area contributed by atoms with E-state index in [0.717, 1.165) is 10.0 Å². The second kappa shape index (κ2) is 5.17. The highest BCUT2D eigenvalue weighted by Crippen LogP contribution is 2.36. The molecule has 4 nitrogen and oxygen atoms in total. The normalized spacial score (nSPS) is 18.8. The highest BCUT2D eigenvalue weighted by molar-refractivity contribution is 9.10. The van der Waals surface area contributed by atoms with Crippen molar-refractivity contribution in [3.05, 3.63) is 58.1 Å². The maximum absolute atomic E-state index is 12.2. The smallest absolute Gasteiger partial charge is 0.181 e. The zero-order valence-electron chi connectivity index (χ0n) is 10.9. The molecule has 0 aliphatic carbocycles. The van der Waals surface area contributed by atoms with Crippen molar-refractivity contribution >= 4 is 31.5 Å². The van der Waals surface area contributed by atoms with Gasteiger partial charge in [-0.15, -0.1) is 0 Å². The molecule has 21 heavy (non-hydrogen) atoms. The minimum Gasteiger partial charge on any atom is -0.376 e. The molecule has 0 radical (unpaired) electrons. The van der Waals surface area contributed by atoms with Crippen LogP contribution in [0.5, 0.6) is 0 Å². The number of nitriles is 1. The van der Waals surface area contributed by atoms with E-state index in [9.17, 15) is 8.42 Å². The van der Waals surface area contributed by atoms with Gasteiger partial charge in [-0.05, 0) is 29.8 Å². The lowest BCUT2D eigenvalue weighted by Gasteiger charge is -2.15. The van der Waals surface area contributed by atoms with E-state index >= 15 is 0 Å². The average molecular weight is 363 g/mol. The number of nitrogens with one attached hydrogen (secondary N) is 1. The molecule has 6 heteroatoms. The summed E-state index contributed by atoms with van der Waals surface area (Å²) < 4.78 is 25.2. The van der Waals surface area contributed by atoms with Crippen molar-refractivity contribution in [1.82, 2.24) is 0 Å². The summed E-state index contributed by atoms with van der Waals surface area (Å²) in [5, 5.41) is 12.3. The number of sulfone groups is 1. The SMILES string of the molecule is N#Cc1ccc(Br)cc1NC1CS(=O)(=O)c2ccccc21. The van der Waals surface area contributed by atoms with Crippen LogP contribution in [0.1, 0.15) is 17.2 Å². The van der Waals surface area contributed by atoms with E-state index in [4.69, 9.17) is 5.26 Å². The number of benzene rings is 2. The predicted molar refractivity (Wildman–Crippen MR) is 83.7 cm³/mol. The first-order valence-electron chi connectivity index (χ1n) is 6.29. The minimum atomic E-state index is -3.26. The summed E-state index contributed by atoms with van der Waals surface area (Å²) in [4.78, 5) is 0.371. The molecule has 1 aliphatic heterocycles. The topological polar surface area (TPSA) is 70.0 Å². The van der Waals surface area contributed by atoms with E-state index in [2.05, 4.69) is 27.3 Å². The van der Waals surface area contributed by atoms with Crippen LogP contribution in [-0.4, -0.2) is 14.2 Å². The molecule has 0 saturated heterocycles. The largest absolute Gasteiger partial charge is 0.376 e. The van der Waals surface area contributed by atoms with Crippen molar-refractivity contribution in [3.8, 4) is 6.07 Å². The monoisotopic (exact) mass is 362 g/mol. The van der Waals surface area contributed by atoms with Crippen molar-refractivity contribution in [3.63, 3.8) is 0 Å². The van der Waals surface area contributed by atoms with Crippen molar-refractivity contribution in [1.29, 1.82) is 5.26 Å². The summed E-state index contributed by atoms with van der Waals surface area (Å²) in [7, 11) is -3.26. The molecular weight excluding hydrogens is 352 g/mol. The van der Waals surface area contributed by atoms with Gasteiger partial charge in [0, 0.05) is 4.47 Å². The van der Waals surface area contributed by atoms with Crippen LogP contribution in [-0.2, 0) is 9.84 Å². The first kappa shape index (κ1) is 14.1. The van der Waals surface area contributed by atoms with Gasteiger partial charge in [-0.25, -0.2) is 8.42 Å². The first-order chi connectivity index (χ1) is 10.0. The van der Waals surface area contributed by atoms with Gasteiger partial charge >= 0.3 is 0 Å². The van der Waals surface area contributed by atoms with Crippen molar-refractivity contribution in [2.75, 3.05) is 11.1 Å². The molecule has 2 aromatic carbocycles. The molecule has 1 N–H and O–H groups in total. The molecule has 0 aromatic heterocycles. The van der Waals surface area contributed by atoms with Crippen molar-refractivity contribution in [2.45, 2.75) is 10.9 Å². The number of halogens is 1. The van der Waals surface area contributed by atoms with Crippen molar-refractivity contribution < 1.29 is 8.42 Å². The molecule has 106 valence electrons. The Morgan fingerprint density at radius 3 is 2.76 bits per heavy atom. The average Bonchev–Trinajstić information content (AvgIpc) is 2.71. The van der Waals surface area contributed by atoms with Crippen LogP contribution >= 0.6 is 15.9 Å². The molecular formula is C15H11BrN2O2S. The van der Waals surface area contributed by atoms with Crippen molar-refractivity contribution in [2.24, 2.45) is 0 Å². The van der Waals surface area contributed by atoms with E-state index in [1.165, 1.54) is 0 Å². The Morgan fingerprint density at radius 2 is 2.00 bits per heavy atom. The highest BCUT2D eigenvalue weighted by atomic mass is 79.9. The Bertz CT molecular complexity index is 856. The molecule has 0 fully saturated rings. The molecule has 0 bridgehead atoms. The molecule has 1 unspecified atom stereocenters. The Morgan fingerprint density at radius 1 is 1.24 bits per heavy atom. The fourth-order valence-corrected chi connectivity index (χ4v) is 4.59. The summed E-state index contributed by atoms with van der Waals surface area (Å²) >= 11 is 3.36. The van der Waals surface area contributed by atoms with Crippen LogP contribution in [0.25, 0.3) is 0 Å². The molecule has 3 rings (SSSR count). The van der Waals surface area contributed by atoms with Crippen LogP contribution in [0.2, 0.25) is 0 Å². The third kappa shape index (κ3) is 2.55. The quantitative estimate of drug-likeness (QED) is 0.889. The fraction of sp³-hybridized carbons (Fsp3) is 0.133. The molecule has 0 amide bonds. The van der Waals surface area contributed by atoms with E-state index in [1.807, 2.05) is 12.1 Å². The molecule has 1 aliphatic rings.